The number of carboxylic acids is 1. The van der Waals surface area contributed by atoms with Gasteiger partial charge in [-0.25, -0.2) is 9.78 Å². The lowest BCUT2D eigenvalue weighted by molar-refractivity contribution is 0.0690. The summed E-state index contributed by atoms with van der Waals surface area (Å²) in [7, 11) is 0. The fraction of sp³-hybridized carbons (Fsp3) is 0.500. The number of aromatic nitrogens is 2. The van der Waals surface area contributed by atoms with E-state index >= 15 is 0 Å². The van der Waals surface area contributed by atoms with Crippen molar-refractivity contribution in [2.75, 3.05) is 18.0 Å². The molecule has 1 N–H and O–H groups in total. The summed E-state index contributed by atoms with van der Waals surface area (Å²) in [4.78, 5) is 20.6. The standard InChI is InChI=1S/C10H13N3O2/c1-10(2)5-13(6-10)8-4-11-3-7(12-8)9(14)15/h3-4H,5-6H2,1-2H3,(H,14,15). The minimum Gasteiger partial charge on any atom is -0.476 e. The maximum atomic E-state index is 10.7. The summed E-state index contributed by atoms with van der Waals surface area (Å²) >= 11 is 0. The molecule has 0 saturated carbocycles. The van der Waals surface area contributed by atoms with E-state index in [0.29, 0.717) is 11.2 Å². The van der Waals surface area contributed by atoms with Crippen molar-refractivity contribution < 1.29 is 9.90 Å². The van der Waals surface area contributed by atoms with E-state index in [-0.39, 0.29) is 5.69 Å². The minimum absolute atomic E-state index is 0.00259. The largest absolute Gasteiger partial charge is 0.476 e. The fourth-order valence-electron chi connectivity index (χ4n) is 1.76. The van der Waals surface area contributed by atoms with E-state index in [2.05, 4.69) is 23.8 Å². The van der Waals surface area contributed by atoms with Crippen LogP contribution in [0.1, 0.15) is 24.3 Å². The van der Waals surface area contributed by atoms with Gasteiger partial charge >= 0.3 is 5.97 Å². The molecule has 5 nitrogen and oxygen atoms in total. The molecular formula is C10H13N3O2. The third-order valence-corrected chi connectivity index (χ3v) is 2.40. The third kappa shape index (κ3) is 1.91. The van der Waals surface area contributed by atoms with Crippen LogP contribution in [0.2, 0.25) is 0 Å². The van der Waals surface area contributed by atoms with Gasteiger partial charge in [0.15, 0.2) is 5.69 Å². The molecule has 0 atom stereocenters. The van der Waals surface area contributed by atoms with Gasteiger partial charge in [-0.05, 0) is 5.41 Å². The highest BCUT2D eigenvalue weighted by Crippen LogP contribution is 2.31. The highest BCUT2D eigenvalue weighted by molar-refractivity contribution is 5.85. The first kappa shape index (κ1) is 9.89. The van der Waals surface area contributed by atoms with Crippen LogP contribution in [0.4, 0.5) is 5.82 Å². The van der Waals surface area contributed by atoms with Crippen LogP contribution in [-0.4, -0.2) is 34.1 Å². The SMILES string of the molecule is CC1(C)CN(c2cncc(C(=O)O)n2)C1. The molecule has 1 aliphatic rings. The Balaban J connectivity index is 2.17. The minimum atomic E-state index is -1.04. The molecule has 15 heavy (non-hydrogen) atoms. The molecule has 0 radical (unpaired) electrons. The van der Waals surface area contributed by atoms with Crippen molar-refractivity contribution in [2.45, 2.75) is 13.8 Å². The van der Waals surface area contributed by atoms with Gasteiger partial charge in [0.1, 0.15) is 5.82 Å². The van der Waals surface area contributed by atoms with Crippen LogP contribution in [-0.2, 0) is 0 Å². The Bertz CT molecular complexity index is 395. The predicted molar refractivity (Wildman–Crippen MR) is 55.0 cm³/mol. The van der Waals surface area contributed by atoms with Crippen LogP contribution < -0.4 is 4.90 Å². The van der Waals surface area contributed by atoms with E-state index < -0.39 is 5.97 Å². The molecule has 1 aromatic heterocycles. The molecule has 0 unspecified atom stereocenters. The first-order valence-electron chi connectivity index (χ1n) is 4.78. The average Bonchev–Trinajstić information content (AvgIpc) is 2.14. The van der Waals surface area contributed by atoms with Crippen molar-refractivity contribution in [1.82, 2.24) is 9.97 Å². The summed E-state index contributed by atoms with van der Waals surface area (Å²) in [6.07, 6.45) is 2.86. The molecule has 1 aromatic rings. The number of hydrogen-bond donors (Lipinski definition) is 1. The highest BCUT2D eigenvalue weighted by atomic mass is 16.4. The molecular weight excluding hydrogens is 194 g/mol. The summed E-state index contributed by atoms with van der Waals surface area (Å²) in [6, 6.07) is 0. The van der Waals surface area contributed by atoms with Crippen molar-refractivity contribution in [3.8, 4) is 0 Å². The molecule has 0 aliphatic carbocycles. The topological polar surface area (TPSA) is 66.3 Å². The fourth-order valence-corrected chi connectivity index (χ4v) is 1.76. The lowest BCUT2D eigenvalue weighted by Gasteiger charge is -2.46. The summed E-state index contributed by atoms with van der Waals surface area (Å²) in [5.41, 5.74) is 0.290. The molecule has 0 amide bonds. The van der Waals surface area contributed by atoms with Gasteiger partial charge in [0.25, 0.3) is 0 Å². The summed E-state index contributed by atoms with van der Waals surface area (Å²) in [5.74, 6) is -0.390. The number of anilines is 1. The molecule has 1 saturated heterocycles. The Morgan fingerprint density at radius 3 is 2.67 bits per heavy atom. The van der Waals surface area contributed by atoms with Crippen molar-refractivity contribution in [3.05, 3.63) is 18.1 Å². The zero-order valence-corrected chi connectivity index (χ0v) is 8.77. The second kappa shape index (κ2) is 3.18. The van der Waals surface area contributed by atoms with Gasteiger partial charge in [0.2, 0.25) is 0 Å². The van der Waals surface area contributed by atoms with Gasteiger partial charge in [-0.1, -0.05) is 13.8 Å². The Morgan fingerprint density at radius 2 is 2.13 bits per heavy atom. The van der Waals surface area contributed by atoms with Crippen LogP contribution in [0.25, 0.3) is 0 Å². The quantitative estimate of drug-likeness (QED) is 0.784. The molecule has 80 valence electrons. The van der Waals surface area contributed by atoms with Crippen molar-refractivity contribution in [3.63, 3.8) is 0 Å². The van der Waals surface area contributed by atoms with Gasteiger partial charge in [-0.15, -0.1) is 0 Å². The van der Waals surface area contributed by atoms with Crippen molar-refractivity contribution in [1.29, 1.82) is 0 Å². The van der Waals surface area contributed by atoms with Crippen molar-refractivity contribution >= 4 is 11.8 Å². The van der Waals surface area contributed by atoms with Gasteiger partial charge in [0, 0.05) is 13.1 Å². The molecule has 0 bridgehead atoms. The normalized spacial score (nSPS) is 18.4. The summed E-state index contributed by atoms with van der Waals surface area (Å²) in [5, 5.41) is 8.76. The number of carbonyl (C=O) groups is 1. The second-order valence-electron chi connectivity index (χ2n) is 4.59. The van der Waals surface area contributed by atoms with Crippen LogP contribution in [0.15, 0.2) is 12.4 Å². The third-order valence-electron chi connectivity index (χ3n) is 2.40. The van der Waals surface area contributed by atoms with Crippen LogP contribution in [0.3, 0.4) is 0 Å². The monoisotopic (exact) mass is 207 g/mol. The summed E-state index contributed by atoms with van der Waals surface area (Å²) in [6.45, 7) is 6.12. The van der Waals surface area contributed by atoms with Crippen molar-refractivity contribution in [2.24, 2.45) is 5.41 Å². The number of nitrogens with zero attached hydrogens (tertiary/aromatic N) is 3. The maximum absolute atomic E-state index is 10.7. The zero-order chi connectivity index (χ0) is 11.1. The summed E-state index contributed by atoms with van der Waals surface area (Å²) < 4.78 is 0. The van der Waals surface area contributed by atoms with Gasteiger partial charge < -0.3 is 10.0 Å². The Kier molecular flexibility index (Phi) is 2.10. The van der Waals surface area contributed by atoms with Gasteiger partial charge in [-0.3, -0.25) is 4.98 Å². The van der Waals surface area contributed by atoms with E-state index in [9.17, 15) is 4.79 Å². The molecule has 2 rings (SSSR count). The number of carboxylic acid groups (broad SMARTS) is 1. The molecule has 0 aromatic carbocycles. The zero-order valence-electron chi connectivity index (χ0n) is 8.77. The van der Waals surface area contributed by atoms with Gasteiger partial charge in [-0.2, -0.15) is 0 Å². The smallest absolute Gasteiger partial charge is 0.356 e. The Hall–Kier alpha value is -1.65. The van der Waals surface area contributed by atoms with E-state index in [1.54, 1.807) is 6.20 Å². The van der Waals surface area contributed by atoms with Crippen LogP contribution >= 0.6 is 0 Å². The molecule has 5 heteroatoms. The maximum Gasteiger partial charge on any atom is 0.356 e. The second-order valence-corrected chi connectivity index (χ2v) is 4.59. The first-order valence-corrected chi connectivity index (χ1v) is 4.78. The number of hydrogen-bond acceptors (Lipinski definition) is 4. The number of aromatic carboxylic acids is 1. The molecule has 2 heterocycles. The average molecular weight is 207 g/mol. The van der Waals surface area contributed by atoms with Crippen LogP contribution in [0, 0.1) is 5.41 Å². The Labute approximate surface area is 87.8 Å². The number of rotatable bonds is 2. The lowest BCUT2D eigenvalue weighted by atomic mass is 9.84. The lowest BCUT2D eigenvalue weighted by Crippen LogP contribution is -2.53. The molecule has 0 spiro atoms. The first-order chi connectivity index (χ1) is 6.98. The van der Waals surface area contributed by atoms with E-state index in [0.717, 1.165) is 13.1 Å². The van der Waals surface area contributed by atoms with E-state index in [1.807, 2.05) is 4.90 Å². The Morgan fingerprint density at radius 1 is 1.47 bits per heavy atom. The predicted octanol–water partition coefficient (Wildman–Crippen LogP) is 1.02. The highest BCUT2D eigenvalue weighted by Gasteiger charge is 2.35. The molecule has 1 aliphatic heterocycles. The van der Waals surface area contributed by atoms with E-state index in [4.69, 9.17) is 5.11 Å². The van der Waals surface area contributed by atoms with E-state index in [1.165, 1.54) is 6.20 Å². The van der Waals surface area contributed by atoms with Gasteiger partial charge in [0.05, 0.1) is 12.4 Å². The molecule has 1 fully saturated rings. The van der Waals surface area contributed by atoms with Crippen LogP contribution in [0.5, 0.6) is 0 Å².